The Hall–Kier alpha value is -2.24. The predicted molar refractivity (Wildman–Crippen MR) is 104 cm³/mol. The molecule has 0 aromatic heterocycles. The molecule has 128 valence electrons. The van der Waals surface area contributed by atoms with Gasteiger partial charge in [-0.25, -0.2) is 0 Å². The number of aliphatic imine (C=N–C) groups is 1. The Bertz CT molecular complexity index is 830. The summed E-state index contributed by atoms with van der Waals surface area (Å²) in [7, 11) is 3.41. The van der Waals surface area contributed by atoms with E-state index in [-0.39, 0.29) is 5.91 Å². The van der Waals surface area contributed by atoms with Gasteiger partial charge in [-0.15, -0.1) is 0 Å². The van der Waals surface area contributed by atoms with Crippen LogP contribution >= 0.6 is 23.4 Å². The number of carbonyl (C=O) groups is 1. The first-order valence-electron chi connectivity index (χ1n) is 7.68. The van der Waals surface area contributed by atoms with E-state index in [2.05, 4.69) is 4.99 Å². The van der Waals surface area contributed by atoms with E-state index in [0.717, 1.165) is 16.9 Å². The predicted octanol–water partition coefficient (Wildman–Crippen LogP) is 4.45. The summed E-state index contributed by atoms with van der Waals surface area (Å²) in [6.07, 6.45) is 1.87. The average molecular weight is 373 g/mol. The van der Waals surface area contributed by atoms with Crippen molar-refractivity contribution in [2.45, 2.75) is 6.61 Å². The number of nitrogens with zero attached hydrogens (tertiary/aromatic N) is 2. The molecular formula is C19H17ClN2O2S. The van der Waals surface area contributed by atoms with Crippen molar-refractivity contribution < 1.29 is 9.53 Å². The quantitative estimate of drug-likeness (QED) is 0.744. The highest BCUT2D eigenvalue weighted by Gasteiger charge is 2.29. The van der Waals surface area contributed by atoms with Gasteiger partial charge in [0.05, 0.1) is 4.91 Å². The summed E-state index contributed by atoms with van der Waals surface area (Å²) in [6.45, 7) is 0.479. The molecule has 2 aromatic rings. The summed E-state index contributed by atoms with van der Waals surface area (Å²) in [5.41, 5.74) is 2.00. The molecular weight excluding hydrogens is 356 g/mol. The van der Waals surface area contributed by atoms with Crippen LogP contribution in [-0.4, -0.2) is 30.1 Å². The molecule has 0 radical (unpaired) electrons. The highest BCUT2D eigenvalue weighted by atomic mass is 35.5. The summed E-state index contributed by atoms with van der Waals surface area (Å²) in [5, 5.41) is 1.42. The first-order chi connectivity index (χ1) is 12.1. The number of hydrogen-bond acceptors (Lipinski definition) is 4. The van der Waals surface area contributed by atoms with Gasteiger partial charge >= 0.3 is 0 Å². The van der Waals surface area contributed by atoms with Crippen molar-refractivity contribution in [2.75, 3.05) is 14.1 Å². The third-order valence-corrected chi connectivity index (χ3v) is 5.09. The second-order valence-electron chi connectivity index (χ2n) is 5.47. The van der Waals surface area contributed by atoms with Crippen molar-refractivity contribution in [3.8, 4) is 5.75 Å². The van der Waals surface area contributed by atoms with Crippen LogP contribution in [0.15, 0.2) is 58.4 Å². The summed E-state index contributed by atoms with van der Waals surface area (Å²) >= 11 is 7.25. The number of hydrogen-bond donors (Lipinski definition) is 0. The van der Waals surface area contributed by atoms with Crippen molar-refractivity contribution in [3.05, 3.63) is 69.6 Å². The molecule has 1 amide bonds. The molecule has 2 aromatic carbocycles. The lowest BCUT2D eigenvalue weighted by Gasteiger charge is -2.07. The molecule has 0 aliphatic carbocycles. The fraction of sp³-hybridized carbons (Fsp3) is 0.158. The number of amidine groups is 1. The monoisotopic (exact) mass is 372 g/mol. The molecule has 1 aliphatic heterocycles. The lowest BCUT2D eigenvalue weighted by molar-refractivity contribution is -0.121. The van der Waals surface area contributed by atoms with Gasteiger partial charge in [-0.1, -0.05) is 35.9 Å². The van der Waals surface area contributed by atoms with Gasteiger partial charge in [-0.05, 0) is 53.2 Å². The molecule has 0 N–H and O–H groups in total. The third kappa shape index (κ3) is 4.24. The van der Waals surface area contributed by atoms with Gasteiger partial charge in [-0.2, -0.15) is 0 Å². The van der Waals surface area contributed by atoms with Crippen LogP contribution < -0.4 is 4.74 Å². The van der Waals surface area contributed by atoms with Crippen LogP contribution in [0.25, 0.3) is 6.08 Å². The smallest absolute Gasteiger partial charge is 0.266 e. The van der Waals surface area contributed by atoms with Crippen LogP contribution in [0.5, 0.6) is 5.75 Å². The van der Waals surface area contributed by atoms with E-state index < -0.39 is 0 Å². The fourth-order valence-corrected chi connectivity index (χ4v) is 3.36. The Kier molecular flexibility index (Phi) is 5.46. The number of ether oxygens (including phenoxy) is 1. The largest absolute Gasteiger partial charge is 0.489 e. The van der Waals surface area contributed by atoms with Gasteiger partial charge in [0.25, 0.3) is 5.91 Å². The number of thioether (sulfide) groups is 1. The lowest BCUT2D eigenvalue weighted by Crippen LogP contribution is -2.23. The van der Waals surface area contributed by atoms with Crippen LogP contribution in [0.4, 0.5) is 0 Å². The van der Waals surface area contributed by atoms with Crippen LogP contribution in [0, 0.1) is 0 Å². The van der Waals surface area contributed by atoms with E-state index in [4.69, 9.17) is 16.3 Å². The molecule has 3 rings (SSSR count). The van der Waals surface area contributed by atoms with E-state index in [1.807, 2.05) is 54.6 Å². The van der Waals surface area contributed by atoms with Gasteiger partial charge in [0, 0.05) is 19.1 Å². The Morgan fingerprint density at radius 1 is 1.16 bits per heavy atom. The number of halogens is 1. The minimum absolute atomic E-state index is 0.0336. The molecule has 0 spiro atoms. The zero-order valence-corrected chi connectivity index (χ0v) is 15.5. The van der Waals surface area contributed by atoms with Crippen LogP contribution in [0.2, 0.25) is 5.02 Å². The molecule has 0 bridgehead atoms. The summed E-state index contributed by atoms with van der Waals surface area (Å²) < 4.78 is 5.77. The van der Waals surface area contributed by atoms with Crippen LogP contribution in [0.1, 0.15) is 11.1 Å². The number of benzene rings is 2. The van der Waals surface area contributed by atoms with E-state index in [1.54, 1.807) is 19.0 Å². The Morgan fingerprint density at radius 3 is 2.44 bits per heavy atom. The number of amides is 1. The lowest BCUT2D eigenvalue weighted by atomic mass is 10.2. The summed E-state index contributed by atoms with van der Waals surface area (Å²) in [4.78, 5) is 18.5. The van der Waals surface area contributed by atoms with Crippen molar-refractivity contribution >= 4 is 40.5 Å². The molecule has 25 heavy (non-hydrogen) atoms. The minimum Gasteiger partial charge on any atom is -0.489 e. The van der Waals surface area contributed by atoms with Crippen molar-refractivity contribution in [2.24, 2.45) is 4.99 Å². The van der Waals surface area contributed by atoms with Crippen molar-refractivity contribution in [1.82, 2.24) is 4.90 Å². The maximum absolute atomic E-state index is 12.2. The molecule has 1 saturated heterocycles. The fourth-order valence-electron chi connectivity index (χ4n) is 2.31. The highest BCUT2D eigenvalue weighted by Crippen LogP contribution is 2.31. The second kappa shape index (κ2) is 7.76. The zero-order valence-electron chi connectivity index (χ0n) is 13.9. The molecule has 0 unspecified atom stereocenters. The number of rotatable bonds is 4. The van der Waals surface area contributed by atoms with Crippen molar-refractivity contribution in [1.29, 1.82) is 0 Å². The molecule has 1 heterocycles. The van der Waals surface area contributed by atoms with E-state index >= 15 is 0 Å². The molecule has 0 saturated carbocycles. The van der Waals surface area contributed by atoms with Gasteiger partial charge in [0.2, 0.25) is 0 Å². The maximum Gasteiger partial charge on any atom is 0.266 e. The molecule has 4 nitrogen and oxygen atoms in total. The SMILES string of the molecule is CN=C1S/C(=C/c2ccc(OCc3ccc(Cl)cc3)cc2)C(=O)N1C. The second-order valence-corrected chi connectivity index (χ2v) is 6.91. The Morgan fingerprint density at radius 2 is 1.84 bits per heavy atom. The molecule has 0 atom stereocenters. The van der Waals surface area contributed by atoms with Gasteiger partial charge in [-0.3, -0.25) is 14.7 Å². The van der Waals surface area contributed by atoms with Crippen molar-refractivity contribution in [3.63, 3.8) is 0 Å². The van der Waals surface area contributed by atoms with Gasteiger partial charge in [0.1, 0.15) is 12.4 Å². The Balaban J connectivity index is 1.65. The van der Waals surface area contributed by atoms with Crippen LogP contribution in [-0.2, 0) is 11.4 Å². The zero-order chi connectivity index (χ0) is 17.8. The Labute approximate surface area is 156 Å². The summed E-state index contributed by atoms with van der Waals surface area (Å²) in [6, 6.07) is 15.2. The van der Waals surface area contributed by atoms with Gasteiger partial charge < -0.3 is 4.74 Å². The summed E-state index contributed by atoms with van der Waals surface area (Å²) in [5.74, 6) is 0.740. The molecule has 1 aliphatic rings. The third-order valence-electron chi connectivity index (χ3n) is 3.69. The maximum atomic E-state index is 12.2. The minimum atomic E-state index is -0.0336. The normalized spacial score (nSPS) is 17.6. The topological polar surface area (TPSA) is 41.9 Å². The first-order valence-corrected chi connectivity index (χ1v) is 8.88. The average Bonchev–Trinajstić information content (AvgIpc) is 2.90. The van der Waals surface area contributed by atoms with E-state index in [9.17, 15) is 4.79 Å². The highest BCUT2D eigenvalue weighted by molar-refractivity contribution is 8.18. The van der Waals surface area contributed by atoms with Crippen LogP contribution in [0.3, 0.4) is 0 Å². The first kappa shape index (κ1) is 17.6. The van der Waals surface area contributed by atoms with E-state index in [1.165, 1.54) is 11.8 Å². The standard InChI is InChI=1S/C19H17ClN2O2S/c1-21-19-22(2)18(23)17(25-19)11-13-5-9-16(10-6-13)24-12-14-3-7-15(20)8-4-14/h3-11H,12H2,1-2H3/b17-11+,21-19?. The number of carbonyl (C=O) groups excluding carboxylic acids is 1. The molecule has 6 heteroatoms. The van der Waals surface area contributed by atoms with E-state index in [0.29, 0.717) is 21.7 Å². The van der Waals surface area contributed by atoms with Gasteiger partial charge in [0.15, 0.2) is 5.17 Å². The molecule has 1 fully saturated rings. The number of likely N-dealkylation sites (N-methyl/N-ethyl adjacent to an activating group) is 1.